The molecule has 2 bridgehead atoms. The van der Waals surface area contributed by atoms with Crippen LogP contribution in [0.3, 0.4) is 0 Å². The third kappa shape index (κ3) is 3.56. The topological polar surface area (TPSA) is 20.2 Å². The normalized spacial score (nSPS) is 30.7. The summed E-state index contributed by atoms with van der Waals surface area (Å²) in [4.78, 5) is 1.25. The van der Waals surface area contributed by atoms with Crippen molar-refractivity contribution in [3.63, 3.8) is 0 Å². The first-order valence-electron chi connectivity index (χ1n) is 7.27. The van der Waals surface area contributed by atoms with Crippen molar-refractivity contribution in [1.82, 2.24) is 0 Å². The second-order valence-electron chi connectivity index (χ2n) is 6.09. The lowest BCUT2D eigenvalue weighted by Crippen LogP contribution is -2.20. The van der Waals surface area contributed by atoms with Crippen LogP contribution in [-0.2, 0) is 0 Å². The maximum atomic E-state index is 10.2. The molecule has 0 aromatic heterocycles. The number of rotatable bonds is 5. The molecule has 3 rings (SSSR count). The molecule has 1 N–H and O–H groups in total. The van der Waals surface area contributed by atoms with Crippen LogP contribution in [0.4, 0.5) is 0 Å². The van der Waals surface area contributed by atoms with E-state index in [-0.39, 0.29) is 6.10 Å². The molecule has 2 aliphatic carbocycles. The summed E-state index contributed by atoms with van der Waals surface area (Å²) in [5.41, 5.74) is 0. The minimum absolute atomic E-state index is 0.141. The summed E-state index contributed by atoms with van der Waals surface area (Å²) in [6, 6.07) is 8.34. The quantitative estimate of drug-likeness (QED) is 0.782. The second kappa shape index (κ2) is 6.19. The SMILES string of the molecule is OC(CSc1ccc(Br)cc1)CC1CC2CCC1C2. The zero-order valence-electron chi connectivity index (χ0n) is 11.1. The van der Waals surface area contributed by atoms with Crippen LogP contribution in [0.1, 0.15) is 32.1 Å². The van der Waals surface area contributed by atoms with Gasteiger partial charge in [-0.15, -0.1) is 11.8 Å². The predicted octanol–water partition coefficient (Wildman–Crippen LogP) is 4.73. The lowest BCUT2D eigenvalue weighted by atomic mass is 9.85. The van der Waals surface area contributed by atoms with E-state index in [0.717, 1.165) is 34.4 Å². The first kappa shape index (κ1) is 14.0. The number of benzene rings is 1. The van der Waals surface area contributed by atoms with Gasteiger partial charge in [-0.2, -0.15) is 0 Å². The van der Waals surface area contributed by atoms with E-state index < -0.39 is 0 Å². The van der Waals surface area contributed by atoms with Gasteiger partial charge in [0.1, 0.15) is 0 Å². The molecule has 0 saturated heterocycles. The van der Waals surface area contributed by atoms with Crippen LogP contribution in [0.15, 0.2) is 33.6 Å². The fourth-order valence-corrected chi connectivity index (χ4v) is 4.92. The van der Waals surface area contributed by atoms with Gasteiger partial charge in [0, 0.05) is 15.1 Å². The largest absolute Gasteiger partial charge is 0.392 e. The van der Waals surface area contributed by atoms with Crippen LogP contribution in [0.2, 0.25) is 0 Å². The van der Waals surface area contributed by atoms with Crippen LogP contribution in [0.25, 0.3) is 0 Å². The summed E-state index contributed by atoms with van der Waals surface area (Å²) in [6.07, 6.45) is 6.57. The van der Waals surface area contributed by atoms with Gasteiger partial charge in [0.05, 0.1) is 6.10 Å². The first-order valence-corrected chi connectivity index (χ1v) is 9.05. The van der Waals surface area contributed by atoms with Crippen LogP contribution in [-0.4, -0.2) is 17.0 Å². The van der Waals surface area contributed by atoms with Crippen LogP contribution in [0, 0.1) is 17.8 Å². The number of aliphatic hydroxyl groups excluding tert-OH is 1. The molecule has 2 aliphatic rings. The molecule has 1 aromatic rings. The number of aliphatic hydroxyl groups is 1. The third-order valence-corrected chi connectivity index (χ3v) is 6.40. The average molecular weight is 341 g/mol. The van der Waals surface area contributed by atoms with Gasteiger partial charge in [0.2, 0.25) is 0 Å². The van der Waals surface area contributed by atoms with Crippen molar-refractivity contribution in [3.05, 3.63) is 28.7 Å². The first-order chi connectivity index (χ1) is 9.20. The lowest BCUT2D eigenvalue weighted by molar-refractivity contribution is 0.144. The van der Waals surface area contributed by atoms with Gasteiger partial charge < -0.3 is 5.11 Å². The van der Waals surface area contributed by atoms with Crippen LogP contribution in [0.5, 0.6) is 0 Å². The number of fused-ring (bicyclic) bond motifs is 2. The maximum Gasteiger partial charge on any atom is 0.0636 e. The summed E-state index contributed by atoms with van der Waals surface area (Å²) in [7, 11) is 0. The molecule has 4 unspecified atom stereocenters. The molecule has 0 amide bonds. The molecule has 1 nitrogen and oxygen atoms in total. The highest BCUT2D eigenvalue weighted by Gasteiger charge is 2.39. The van der Waals surface area contributed by atoms with E-state index in [9.17, 15) is 5.11 Å². The standard InChI is InChI=1S/C16H21BrOS/c17-14-3-5-16(6-4-14)19-10-15(18)9-13-8-11-1-2-12(13)7-11/h3-6,11-13,15,18H,1-2,7-10H2. The number of thioether (sulfide) groups is 1. The van der Waals surface area contributed by atoms with Crippen molar-refractivity contribution in [3.8, 4) is 0 Å². The van der Waals surface area contributed by atoms with Crippen molar-refractivity contribution in [2.75, 3.05) is 5.75 Å². The summed E-state index contributed by atoms with van der Waals surface area (Å²) >= 11 is 5.21. The summed E-state index contributed by atoms with van der Waals surface area (Å²) in [5.74, 6) is 3.55. The highest BCUT2D eigenvalue weighted by Crippen LogP contribution is 2.50. The second-order valence-corrected chi connectivity index (χ2v) is 8.10. The predicted molar refractivity (Wildman–Crippen MR) is 84.4 cm³/mol. The van der Waals surface area contributed by atoms with Gasteiger partial charge >= 0.3 is 0 Å². The Morgan fingerprint density at radius 1 is 1.21 bits per heavy atom. The smallest absolute Gasteiger partial charge is 0.0636 e. The summed E-state index contributed by atoms with van der Waals surface area (Å²) in [5, 5.41) is 10.2. The minimum atomic E-state index is -0.141. The summed E-state index contributed by atoms with van der Waals surface area (Å²) < 4.78 is 1.11. The van der Waals surface area contributed by atoms with Crippen LogP contribution >= 0.6 is 27.7 Å². The molecular formula is C16H21BrOS. The Morgan fingerprint density at radius 3 is 2.63 bits per heavy atom. The molecule has 1 aromatic carbocycles. The summed E-state index contributed by atoms with van der Waals surface area (Å²) in [6.45, 7) is 0. The van der Waals surface area contributed by atoms with E-state index in [1.807, 2.05) is 0 Å². The maximum absolute atomic E-state index is 10.2. The highest BCUT2D eigenvalue weighted by atomic mass is 79.9. The number of halogens is 1. The zero-order valence-corrected chi connectivity index (χ0v) is 13.5. The molecule has 0 spiro atoms. The lowest BCUT2D eigenvalue weighted by Gasteiger charge is -2.24. The van der Waals surface area contributed by atoms with Gasteiger partial charge in [-0.05, 0) is 67.7 Å². The van der Waals surface area contributed by atoms with E-state index in [0.29, 0.717) is 0 Å². The van der Waals surface area contributed by atoms with Gasteiger partial charge in [-0.3, -0.25) is 0 Å². The average Bonchev–Trinajstić information content (AvgIpc) is 3.00. The Morgan fingerprint density at radius 2 is 2.00 bits per heavy atom. The van der Waals surface area contributed by atoms with Crippen molar-refractivity contribution in [2.45, 2.75) is 43.1 Å². The van der Waals surface area contributed by atoms with Crippen molar-refractivity contribution < 1.29 is 5.11 Å². The molecule has 19 heavy (non-hydrogen) atoms. The van der Waals surface area contributed by atoms with Gasteiger partial charge in [-0.25, -0.2) is 0 Å². The Hall–Kier alpha value is 0.01000. The molecule has 104 valence electrons. The minimum Gasteiger partial charge on any atom is -0.392 e. The Balaban J connectivity index is 1.44. The van der Waals surface area contributed by atoms with Gasteiger partial charge in [-0.1, -0.05) is 22.4 Å². The van der Waals surface area contributed by atoms with E-state index in [2.05, 4.69) is 40.2 Å². The molecule has 0 radical (unpaired) electrons. The van der Waals surface area contributed by atoms with Gasteiger partial charge in [0.15, 0.2) is 0 Å². The third-order valence-electron chi connectivity index (χ3n) is 4.72. The molecule has 0 heterocycles. The van der Waals surface area contributed by atoms with Crippen molar-refractivity contribution in [1.29, 1.82) is 0 Å². The zero-order chi connectivity index (χ0) is 13.2. The van der Waals surface area contributed by atoms with E-state index in [1.165, 1.54) is 30.6 Å². The molecular weight excluding hydrogens is 320 g/mol. The number of hydrogen-bond acceptors (Lipinski definition) is 2. The Labute approximate surface area is 128 Å². The molecule has 0 aliphatic heterocycles. The van der Waals surface area contributed by atoms with E-state index >= 15 is 0 Å². The molecule has 2 fully saturated rings. The van der Waals surface area contributed by atoms with E-state index in [4.69, 9.17) is 0 Å². The molecule has 3 heteroatoms. The van der Waals surface area contributed by atoms with Gasteiger partial charge in [0.25, 0.3) is 0 Å². The number of hydrogen-bond donors (Lipinski definition) is 1. The van der Waals surface area contributed by atoms with Crippen molar-refractivity contribution in [2.24, 2.45) is 17.8 Å². The fraction of sp³-hybridized carbons (Fsp3) is 0.625. The van der Waals surface area contributed by atoms with Crippen LogP contribution < -0.4 is 0 Å². The highest BCUT2D eigenvalue weighted by molar-refractivity contribution is 9.10. The fourth-order valence-electron chi connectivity index (χ4n) is 3.81. The van der Waals surface area contributed by atoms with Crippen molar-refractivity contribution >= 4 is 27.7 Å². The van der Waals surface area contributed by atoms with E-state index in [1.54, 1.807) is 11.8 Å². The monoisotopic (exact) mass is 340 g/mol. The Kier molecular flexibility index (Phi) is 4.55. The molecule has 4 atom stereocenters. The molecule has 2 saturated carbocycles. The Bertz CT molecular complexity index is 419.